The SMILES string of the molecule is COc1nc(NC2CN(C3COC3)CC2(F)F)nn2cc(F)c(-c3cc(F)c4ncc(C(F)F)n4c3)c12. The molecule has 6 rings (SSSR count). The summed E-state index contributed by atoms with van der Waals surface area (Å²) >= 11 is 0. The Morgan fingerprint density at radius 1 is 1.19 bits per heavy atom. The first-order chi connectivity index (χ1) is 17.7. The summed E-state index contributed by atoms with van der Waals surface area (Å²) in [6.45, 7) is 0.333. The molecule has 0 aromatic carbocycles. The Hall–Kier alpha value is -3.59. The van der Waals surface area contributed by atoms with Gasteiger partial charge in [-0.15, -0.1) is 5.10 Å². The maximum absolute atomic E-state index is 15.2. The van der Waals surface area contributed by atoms with Gasteiger partial charge in [-0.2, -0.15) is 4.98 Å². The van der Waals surface area contributed by atoms with Gasteiger partial charge in [-0.25, -0.2) is 35.8 Å². The lowest BCUT2D eigenvalue weighted by Crippen LogP contribution is -2.48. The molecule has 2 aliphatic heterocycles. The van der Waals surface area contributed by atoms with Gasteiger partial charge in [0.1, 0.15) is 17.3 Å². The third-order valence-corrected chi connectivity index (χ3v) is 6.63. The second-order valence-electron chi connectivity index (χ2n) is 8.92. The van der Waals surface area contributed by atoms with Crippen LogP contribution in [0.25, 0.3) is 22.3 Å². The highest BCUT2D eigenvalue weighted by Gasteiger charge is 2.51. The topological polar surface area (TPSA) is 81.2 Å². The third-order valence-electron chi connectivity index (χ3n) is 6.63. The second kappa shape index (κ2) is 8.48. The molecule has 0 amide bonds. The Bertz CT molecular complexity index is 1500. The molecule has 2 saturated heterocycles. The summed E-state index contributed by atoms with van der Waals surface area (Å²) in [6, 6.07) is -0.462. The minimum absolute atomic E-state index is 0.0205. The van der Waals surface area contributed by atoms with Crippen LogP contribution in [0.5, 0.6) is 5.88 Å². The van der Waals surface area contributed by atoms with E-state index in [9.17, 15) is 22.0 Å². The number of ether oxygens (including phenoxy) is 2. The number of hydrogen-bond donors (Lipinski definition) is 1. The molecule has 0 radical (unpaired) electrons. The summed E-state index contributed by atoms with van der Waals surface area (Å²) in [6.07, 6.45) is -0.0576. The summed E-state index contributed by atoms with van der Waals surface area (Å²) in [5.41, 5.74) is -1.30. The molecule has 37 heavy (non-hydrogen) atoms. The van der Waals surface area contributed by atoms with Crippen LogP contribution < -0.4 is 10.1 Å². The van der Waals surface area contributed by atoms with Gasteiger partial charge in [-0.05, 0) is 6.07 Å². The molecule has 0 aliphatic carbocycles. The van der Waals surface area contributed by atoms with Crippen molar-refractivity contribution in [3.63, 3.8) is 0 Å². The van der Waals surface area contributed by atoms with Gasteiger partial charge in [-0.1, -0.05) is 0 Å². The maximum Gasteiger partial charge on any atom is 0.281 e. The van der Waals surface area contributed by atoms with Crippen molar-refractivity contribution >= 4 is 17.1 Å². The number of aromatic nitrogens is 5. The fourth-order valence-electron chi connectivity index (χ4n) is 4.69. The Labute approximate surface area is 204 Å². The fourth-order valence-corrected chi connectivity index (χ4v) is 4.69. The number of likely N-dealkylation sites (tertiary alicyclic amines) is 1. The molecule has 4 aromatic heterocycles. The van der Waals surface area contributed by atoms with Gasteiger partial charge < -0.3 is 14.8 Å². The van der Waals surface area contributed by atoms with Gasteiger partial charge in [0.2, 0.25) is 11.8 Å². The molecule has 196 valence electrons. The van der Waals surface area contributed by atoms with E-state index in [-0.39, 0.29) is 46.7 Å². The first-order valence-electron chi connectivity index (χ1n) is 11.2. The molecule has 1 unspecified atom stereocenters. The Morgan fingerprint density at radius 3 is 2.65 bits per heavy atom. The highest BCUT2D eigenvalue weighted by Crippen LogP contribution is 2.37. The molecule has 2 fully saturated rings. The van der Waals surface area contributed by atoms with Crippen molar-refractivity contribution in [3.05, 3.63) is 42.0 Å². The van der Waals surface area contributed by atoms with Crippen LogP contribution in [0.15, 0.2) is 24.7 Å². The Balaban J connectivity index is 1.40. The van der Waals surface area contributed by atoms with E-state index in [2.05, 4.69) is 20.4 Å². The van der Waals surface area contributed by atoms with Crippen molar-refractivity contribution in [2.75, 3.05) is 38.7 Å². The highest BCUT2D eigenvalue weighted by atomic mass is 19.3. The lowest BCUT2D eigenvalue weighted by molar-refractivity contribution is -0.0711. The van der Waals surface area contributed by atoms with Crippen molar-refractivity contribution in [2.45, 2.75) is 24.4 Å². The van der Waals surface area contributed by atoms with Crippen LogP contribution in [0.2, 0.25) is 0 Å². The monoisotopic (exact) mass is 527 g/mol. The van der Waals surface area contributed by atoms with Gasteiger partial charge in [0.15, 0.2) is 17.3 Å². The average molecular weight is 527 g/mol. The van der Waals surface area contributed by atoms with E-state index in [1.165, 1.54) is 7.11 Å². The van der Waals surface area contributed by atoms with Gasteiger partial charge in [0.25, 0.3) is 12.3 Å². The van der Waals surface area contributed by atoms with Gasteiger partial charge in [-0.3, -0.25) is 9.30 Å². The molecular weight excluding hydrogens is 508 g/mol. The minimum atomic E-state index is -3.09. The van der Waals surface area contributed by atoms with E-state index < -0.39 is 42.3 Å². The van der Waals surface area contributed by atoms with Crippen molar-refractivity contribution in [1.82, 2.24) is 28.9 Å². The molecule has 15 heteroatoms. The van der Waals surface area contributed by atoms with Gasteiger partial charge in [0, 0.05) is 18.3 Å². The van der Waals surface area contributed by atoms with Crippen molar-refractivity contribution in [2.24, 2.45) is 0 Å². The van der Waals surface area contributed by atoms with Crippen molar-refractivity contribution in [1.29, 1.82) is 0 Å². The normalized spacial score (nSPS) is 20.3. The average Bonchev–Trinajstić information content (AvgIpc) is 3.45. The first-order valence-corrected chi connectivity index (χ1v) is 11.2. The summed E-state index contributed by atoms with van der Waals surface area (Å²) in [5.74, 6) is -5.36. The van der Waals surface area contributed by atoms with Crippen LogP contribution in [0.3, 0.4) is 0 Å². The molecule has 6 heterocycles. The van der Waals surface area contributed by atoms with E-state index in [0.717, 1.165) is 33.6 Å². The van der Waals surface area contributed by atoms with E-state index in [0.29, 0.717) is 13.2 Å². The summed E-state index contributed by atoms with van der Waals surface area (Å²) in [7, 11) is 1.23. The molecule has 2 aliphatic rings. The summed E-state index contributed by atoms with van der Waals surface area (Å²) < 4.78 is 98.2. The molecular formula is C22H19F6N7O2. The molecule has 0 bridgehead atoms. The third kappa shape index (κ3) is 3.83. The number of nitrogens with one attached hydrogen (secondary N) is 1. The molecule has 1 atom stereocenters. The molecule has 4 aromatic rings. The zero-order valence-electron chi connectivity index (χ0n) is 19.1. The lowest BCUT2D eigenvalue weighted by atomic mass is 10.1. The number of methoxy groups -OCH3 is 1. The number of nitrogens with zero attached hydrogens (tertiary/aromatic N) is 6. The first kappa shape index (κ1) is 23.8. The van der Waals surface area contributed by atoms with Crippen LogP contribution >= 0.6 is 0 Å². The van der Waals surface area contributed by atoms with Crippen LogP contribution in [-0.2, 0) is 4.74 Å². The van der Waals surface area contributed by atoms with Gasteiger partial charge in [0.05, 0.1) is 50.9 Å². The van der Waals surface area contributed by atoms with E-state index in [1.807, 2.05) is 0 Å². The zero-order chi connectivity index (χ0) is 26.1. The number of rotatable bonds is 6. The Kier molecular flexibility index (Phi) is 5.45. The highest BCUT2D eigenvalue weighted by molar-refractivity contribution is 5.85. The van der Waals surface area contributed by atoms with Crippen LogP contribution in [0.1, 0.15) is 12.1 Å². The number of anilines is 1. The van der Waals surface area contributed by atoms with Crippen LogP contribution in [-0.4, -0.2) is 80.3 Å². The second-order valence-corrected chi connectivity index (χ2v) is 8.92. The van der Waals surface area contributed by atoms with E-state index in [4.69, 9.17) is 9.47 Å². The maximum atomic E-state index is 15.2. The molecule has 0 spiro atoms. The summed E-state index contributed by atoms with van der Waals surface area (Å²) in [4.78, 5) is 9.41. The zero-order valence-corrected chi connectivity index (χ0v) is 19.1. The van der Waals surface area contributed by atoms with Gasteiger partial charge >= 0.3 is 0 Å². The molecule has 1 N–H and O–H groups in total. The smallest absolute Gasteiger partial charge is 0.281 e. The largest absolute Gasteiger partial charge is 0.479 e. The predicted octanol–water partition coefficient (Wildman–Crippen LogP) is 3.40. The number of alkyl halides is 4. The van der Waals surface area contributed by atoms with E-state index >= 15 is 4.39 Å². The fraction of sp³-hybridized carbons (Fsp3) is 0.409. The van der Waals surface area contributed by atoms with Crippen molar-refractivity contribution < 1.29 is 35.8 Å². The molecule has 0 saturated carbocycles. The number of pyridine rings is 1. The lowest BCUT2D eigenvalue weighted by Gasteiger charge is -2.34. The standard InChI is InChI=1S/C22H19F6N7O2/c1-36-20-17-16(10-2-12(23)19-29-3-14(18(25)26)34(19)4-10)13(24)5-35(17)32-21(31-20)30-15-6-33(9-22(15,27)28)11-7-37-8-11/h2-5,11,15,18H,6-9H2,1H3,(H,30,32). The molecule has 9 nitrogen and oxygen atoms in total. The van der Waals surface area contributed by atoms with E-state index in [1.54, 1.807) is 4.90 Å². The predicted molar refractivity (Wildman–Crippen MR) is 117 cm³/mol. The van der Waals surface area contributed by atoms with Crippen LogP contribution in [0.4, 0.5) is 32.3 Å². The van der Waals surface area contributed by atoms with Crippen LogP contribution in [0, 0.1) is 11.6 Å². The quantitative estimate of drug-likeness (QED) is 0.385. The number of hydrogen-bond acceptors (Lipinski definition) is 7. The summed E-state index contributed by atoms with van der Waals surface area (Å²) in [5, 5.41) is 6.73. The van der Waals surface area contributed by atoms with Crippen molar-refractivity contribution in [3.8, 4) is 17.0 Å². The minimum Gasteiger partial charge on any atom is -0.479 e. The Morgan fingerprint density at radius 2 is 1.97 bits per heavy atom. The number of imidazole rings is 1. The number of halogens is 6. The number of fused-ring (bicyclic) bond motifs is 2.